The van der Waals surface area contributed by atoms with E-state index in [9.17, 15) is 4.79 Å². The standard InChI is InChI=1S/C19H17ClIN3O/c1-12-8-9-15(10-16(12)21)22-19(25)17-13(2)23-24(18(17)20)11-14-6-4-3-5-7-14/h3-10H,11H2,1-2H3,(H,22,25). The van der Waals surface area contributed by atoms with Crippen molar-refractivity contribution in [3.8, 4) is 0 Å². The Balaban J connectivity index is 1.84. The summed E-state index contributed by atoms with van der Waals surface area (Å²) in [6.45, 7) is 4.35. The number of carbonyl (C=O) groups is 1. The van der Waals surface area contributed by atoms with Crippen LogP contribution in [0.4, 0.5) is 5.69 Å². The molecule has 0 aliphatic heterocycles. The Kier molecular flexibility index (Phi) is 5.44. The number of amides is 1. The highest BCUT2D eigenvalue weighted by Gasteiger charge is 2.20. The van der Waals surface area contributed by atoms with Crippen molar-refractivity contribution in [3.63, 3.8) is 0 Å². The molecular formula is C19H17ClIN3O. The molecule has 0 atom stereocenters. The lowest BCUT2D eigenvalue weighted by atomic mass is 10.2. The second-order valence-electron chi connectivity index (χ2n) is 5.81. The highest BCUT2D eigenvalue weighted by atomic mass is 127. The first kappa shape index (κ1) is 17.9. The van der Waals surface area contributed by atoms with Crippen molar-refractivity contribution >= 4 is 45.8 Å². The Hall–Kier alpha value is -1.86. The lowest BCUT2D eigenvalue weighted by Gasteiger charge is -2.07. The largest absolute Gasteiger partial charge is 0.322 e. The topological polar surface area (TPSA) is 46.9 Å². The maximum atomic E-state index is 12.7. The lowest BCUT2D eigenvalue weighted by molar-refractivity contribution is 0.102. The maximum absolute atomic E-state index is 12.7. The number of aromatic nitrogens is 2. The number of halogens is 2. The molecule has 6 heteroatoms. The molecule has 0 bridgehead atoms. The van der Waals surface area contributed by atoms with Crippen molar-refractivity contribution in [2.24, 2.45) is 0 Å². The van der Waals surface area contributed by atoms with E-state index in [-0.39, 0.29) is 5.91 Å². The van der Waals surface area contributed by atoms with Crippen molar-refractivity contribution in [2.45, 2.75) is 20.4 Å². The van der Waals surface area contributed by atoms with Gasteiger partial charge in [-0.2, -0.15) is 5.10 Å². The number of carbonyl (C=O) groups excluding carboxylic acids is 1. The Morgan fingerprint density at radius 2 is 1.92 bits per heavy atom. The quantitative estimate of drug-likeness (QED) is 0.548. The second-order valence-corrected chi connectivity index (χ2v) is 7.33. The van der Waals surface area contributed by atoms with Crippen LogP contribution in [0.25, 0.3) is 0 Å². The molecule has 0 saturated heterocycles. The number of aryl methyl sites for hydroxylation is 2. The third kappa shape index (κ3) is 4.04. The number of anilines is 1. The normalized spacial score (nSPS) is 10.7. The zero-order valence-corrected chi connectivity index (χ0v) is 16.8. The first-order valence-electron chi connectivity index (χ1n) is 7.80. The molecule has 128 valence electrons. The molecular weight excluding hydrogens is 449 g/mol. The third-order valence-corrected chi connectivity index (χ3v) is 5.44. The Morgan fingerprint density at radius 1 is 1.20 bits per heavy atom. The van der Waals surface area contributed by atoms with Gasteiger partial charge in [0, 0.05) is 9.26 Å². The molecule has 0 fully saturated rings. The monoisotopic (exact) mass is 465 g/mol. The minimum atomic E-state index is -0.249. The fraction of sp³-hybridized carbons (Fsp3) is 0.158. The van der Waals surface area contributed by atoms with E-state index in [1.54, 1.807) is 11.6 Å². The van der Waals surface area contributed by atoms with Gasteiger partial charge in [-0.15, -0.1) is 0 Å². The van der Waals surface area contributed by atoms with Gasteiger partial charge in [0.1, 0.15) is 5.15 Å². The maximum Gasteiger partial charge on any atom is 0.260 e. The molecule has 0 radical (unpaired) electrons. The molecule has 0 aliphatic carbocycles. The first-order chi connectivity index (χ1) is 12.0. The van der Waals surface area contributed by atoms with Gasteiger partial charge < -0.3 is 5.32 Å². The molecule has 2 aromatic carbocycles. The number of hydrogen-bond acceptors (Lipinski definition) is 2. The predicted molar refractivity (Wildman–Crippen MR) is 109 cm³/mol. The molecule has 1 N–H and O–H groups in total. The van der Waals surface area contributed by atoms with Gasteiger partial charge in [0.05, 0.1) is 17.8 Å². The predicted octanol–water partition coefficient (Wildman–Crippen LogP) is 5.06. The van der Waals surface area contributed by atoms with E-state index in [0.717, 1.165) is 14.8 Å². The van der Waals surface area contributed by atoms with Crippen molar-refractivity contribution < 1.29 is 4.79 Å². The SMILES string of the molecule is Cc1ccc(NC(=O)c2c(C)nn(Cc3ccccc3)c2Cl)cc1I. The summed E-state index contributed by atoms with van der Waals surface area (Å²) < 4.78 is 2.75. The molecule has 25 heavy (non-hydrogen) atoms. The average Bonchev–Trinajstić information content (AvgIpc) is 2.86. The second kappa shape index (κ2) is 7.58. The van der Waals surface area contributed by atoms with Crippen LogP contribution in [0.3, 0.4) is 0 Å². The summed E-state index contributed by atoms with van der Waals surface area (Å²) in [7, 11) is 0. The summed E-state index contributed by atoms with van der Waals surface area (Å²) >= 11 is 8.68. The Bertz CT molecular complexity index is 922. The first-order valence-corrected chi connectivity index (χ1v) is 9.25. The van der Waals surface area contributed by atoms with E-state index in [0.29, 0.717) is 23.0 Å². The number of nitrogens with one attached hydrogen (secondary N) is 1. The molecule has 1 heterocycles. The summed E-state index contributed by atoms with van der Waals surface area (Å²) in [5.41, 5.74) is 4.01. The minimum absolute atomic E-state index is 0.249. The zero-order chi connectivity index (χ0) is 18.0. The Morgan fingerprint density at radius 3 is 2.60 bits per heavy atom. The van der Waals surface area contributed by atoms with Gasteiger partial charge in [0.25, 0.3) is 5.91 Å². The molecule has 0 spiro atoms. The highest BCUT2D eigenvalue weighted by molar-refractivity contribution is 14.1. The van der Waals surface area contributed by atoms with Crippen LogP contribution in [0.2, 0.25) is 5.15 Å². The van der Waals surface area contributed by atoms with E-state index < -0.39 is 0 Å². The van der Waals surface area contributed by atoms with Gasteiger partial charge in [-0.3, -0.25) is 4.79 Å². The summed E-state index contributed by atoms with van der Waals surface area (Å²) in [6, 6.07) is 15.7. The smallest absolute Gasteiger partial charge is 0.260 e. The van der Waals surface area contributed by atoms with Crippen LogP contribution in [0, 0.1) is 17.4 Å². The van der Waals surface area contributed by atoms with Crippen LogP contribution in [0.5, 0.6) is 0 Å². The molecule has 0 saturated carbocycles. The minimum Gasteiger partial charge on any atom is -0.322 e. The van der Waals surface area contributed by atoms with Gasteiger partial charge in [-0.25, -0.2) is 4.68 Å². The van der Waals surface area contributed by atoms with Crippen LogP contribution in [-0.2, 0) is 6.54 Å². The van der Waals surface area contributed by atoms with Crippen LogP contribution >= 0.6 is 34.2 Å². The molecule has 3 aromatic rings. The molecule has 3 rings (SSSR count). The van der Waals surface area contributed by atoms with Gasteiger partial charge in [-0.05, 0) is 59.7 Å². The van der Waals surface area contributed by atoms with Crippen molar-refractivity contribution in [1.82, 2.24) is 9.78 Å². The number of benzene rings is 2. The summed E-state index contributed by atoms with van der Waals surface area (Å²) in [4.78, 5) is 12.7. The zero-order valence-electron chi connectivity index (χ0n) is 13.9. The van der Waals surface area contributed by atoms with Gasteiger partial charge in [0.15, 0.2) is 0 Å². The third-order valence-electron chi connectivity index (χ3n) is 3.90. The van der Waals surface area contributed by atoms with Crippen LogP contribution < -0.4 is 5.32 Å². The summed E-state index contributed by atoms with van der Waals surface area (Å²) in [5.74, 6) is -0.249. The molecule has 1 aromatic heterocycles. The summed E-state index contributed by atoms with van der Waals surface area (Å²) in [5, 5.41) is 7.67. The highest BCUT2D eigenvalue weighted by Crippen LogP contribution is 2.23. The molecule has 4 nitrogen and oxygen atoms in total. The van der Waals surface area contributed by atoms with Crippen molar-refractivity contribution in [2.75, 3.05) is 5.32 Å². The van der Waals surface area contributed by atoms with Gasteiger partial charge in [-0.1, -0.05) is 48.0 Å². The summed E-state index contributed by atoms with van der Waals surface area (Å²) in [6.07, 6.45) is 0. The van der Waals surface area contributed by atoms with Crippen LogP contribution in [0.15, 0.2) is 48.5 Å². The van der Waals surface area contributed by atoms with E-state index in [2.05, 4.69) is 33.0 Å². The fourth-order valence-electron chi connectivity index (χ4n) is 2.54. The van der Waals surface area contributed by atoms with Crippen molar-refractivity contribution in [3.05, 3.63) is 79.6 Å². The van der Waals surface area contributed by atoms with E-state index in [1.165, 1.54) is 5.56 Å². The van der Waals surface area contributed by atoms with Crippen molar-refractivity contribution in [1.29, 1.82) is 0 Å². The van der Waals surface area contributed by atoms with Gasteiger partial charge >= 0.3 is 0 Å². The van der Waals surface area contributed by atoms with Gasteiger partial charge in [0.2, 0.25) is 0 Å². The number of rotatable bonds is 4. The fourth-order valence-corrected chi connectivity index (χ4v) is 3.37. The Labute approximate surface area is 165 Å². The van der Waals surface area contributed by atoms with E-state index >= 15 is 0 Å². The molecule has 0 aliphatic rings. The number of nitrogens with zero attached hydrogens (tertiary/aromatic N) is 2. The average molecular weight is 466 g/mol. The molecule has 0 unspecified atom stereocenters. The number of hydrogen-bond donors (Lipinski definition) is 1. The van der Waals surface area contributed by atoms with Crippen LogP contribution in [0.1, 0.15) is 27.2 Å². The van der Waals surface area contributed by atoms with E-state index in [1.807, 2.05) is 55.5 Å². The van der Waals surface area contributed by atoms with E-state index in [4.69, 9.17) is 11.6 Å². The molecule has 1 amide bonds. The van der Waals surface area contributed by atoms with Crippen LogP contribution in [-0.4, -0.2) is 15.7 Å². The lowest BCUT2D eigenvalue weighted by Crippen LogP contribution is -2.13.